The van der Waals surface area contributed by atoms with Crippen LogP contribution < -0.4 is 10.0 Å². The fourth-order valence-electron chi connectivity index (χ4n) is 4.76. The molecule has 1 fully saturated rings. The van der Waals surface area contributed by atoms with Gasteiger partial charge in [-0.2, -0.15) is 0 Å². The molecule has 1 saturated heterocycles. The van der Waals surface area contributed by atoms with E-state index in [2.05, 4.69) is 10.0 Å². The van der Waals surface area contributed by atoms with Gasteiger partial charge in [-0.15, -0.1) is 0 Å². The summed E-state index contributed by atoms with van der Waals surface area (Å²) in [6, 6.07) is 11.9. The van der Waals surface area contributed by atoms with Crippen LogP contribution in [0.3, 0.4) is 0 Å². The molecule has 8 heteroatoms. The summed E-state index contributed by atoms with van der Waals surface area (Å²) in [5.41, 5.74) is 3.07. The van der Waals surface area contributed by atoms with E-state index in [1.807, 2.05) is 13.0 Å². The average molecular weight is 484 g/mol. The maximum Gasteiger partial charge on any atom is 0.261 e. The van der Waals surface area contributed by atoms with Crippen LogP contribution in [0.25, 0.3) is 0 Å². The number of aryl methyl sites for hydroxylation is 2. The van der Waals surface area contributed by atoms with Gasteiger partial charge in [0.15, 0.2) is 0 Å². The van der Waals surface area contributed by atoms with Gasteiger partial charge in [0.1, 0.15) is 0 Å². The Kier molecular flexibility index (Phi) is 7.56. The van der Waals surface area contributed by atoms with Gasteiger partial charge in [-0.25, -0.2) is 8.42 Å². The Morgan fingerprint density at radius 1 is 1.03 bits per heavy atom. The Morgan fingerprint density at radius 3 is 2.62 bits per heavy atom. The maximum absolute atomic E-state index is 13.1. The summed E-state index contributed by atoms with van der Waals surface area (Å²) in [4.78, 5) is 27.4. The SMILES string of the molecule is CCCNC(=O)[C@@H]1CCCN(C(=O)c2cccc(NS(=O)(=O)c3ccc4c(c3)CCCC4)c2)C1. The first-order chi connectivity index (χ1) is 16.4. The van der Waals surface area contributed by atoms with Gasteiger partial charge in [0, 0.05) is 30.9 Å². The van der Waals surface area contributed by atoms with Crippen LogP contribution in [0.15, 0.2) is 47.4 Å². The smallest absolute Gasteiger partial charge is 0.261 e. The molecule has 4 rings (SSSR count). The second-order valence-corrected chi connectivity index (χ2v) is 10.9. The normalized spacial score (nSPS) is 18.1. The van der Waals surface area contributed by atoms with Crippen molar-refractivity contribution in [1.82, 2.24) is 10.2 Å². The quantitative estimate of drug-likeness (QED) is 0.627. The minimum Gasteiger partial charge on any atom is -0.356 e. The number of hydrogen-bond donors (Lipinski definition) is 2. The van der Waals surface area contributed by atoms with E-state index < -0.39 is 10.0 Å². The number of amides is 2. The van der Waals surface area contributed by atoms with Gasteiger partial charge in [-0.05, 0) is 86.4 Å². The predicted molar refractivity (Wildman–Crippen MR) is 132 cm³/mol. The summed E-state index contributed by atoms with van der Waals surface area (Å²) >= 11 is 0. The zero-order valence-electron chi connectivity index (χ0n) is 19.7. The Bertz CT molecular complexity index is 1160. The second-order valence-electron chi connectivity index (χ2n) is 9.21. The van der Waals surface area contributed by atoms with Gasteiger partial charge < -0.3 is 10.2 Å². The molecule has 1 heterocycles. The van der Waals surface area contributed by atoms with E-state index in [0.717, 1.165) is 50.5 Å². The third kappa shape index (κ3) is 5.60. The van der Waals surface area contributed by atoms with Crippen molar-refractivity contribution in [3.63, 3.8) is 0 Å². The largest absolute Gasteiger partial charge is 0.356 e. The zero-order chi connectivity index (χ0) is 24.1. The number of piperidine rings is 1. The van der Waals surface area contributed by atoms with E-state index in [1.54, 1.807) is 41.3 Å². The Balaban J connectivity index is 1.46. The van der Waals surface area contributed by atoms with Crippen LogP contribution in [-0.2, 0) is 27.7 Å². The molecule has 0 spiro atoms. The monoisotopic (exact) mass is 483 g/mol. The number of sulfonamides is 1. The van der Waals surface area contributed by atoms with Crippen molar-refractivity contribution in [2.75, 3.05) is 24.4 Å². The van der Waals surface area contributed by atoms with Crippen LogP contribution >= 0.6 is 0 Å². The van der Waals surface area contributed by atoms with E-state index in [-0.39, 0.29) is 22.6 Å². The van der Waals surface area contributed by atoms with Gasteiger partial charge in [0.25, 0.3) is 15.9 Å². The average Bonchev–Trinajstić information content (AvgIpc) is 2.86. The summed E-state index contributed by atoms with van der Waals surface area (Å²) in [6.45, 7) is 3.60. The van der Waals surface area contributed by atoms with Gasteiger partial charge >= 0.3 is 0 Å². The fraction of sp³-hybridized carbons (Fsp3) is 0.462. The number of fused-ring (bicyclic) bond motifs is 1. The van der Waals surface area contributed by atoms with Crippen LogP contribution in [0.5, 0.6) is 0 Å². The molecule has 1 aliphatic carbocycles. The Morgan fingerprint density at radius 2 is 1.82 bits per heavy atom. The summed E-state index contributed by atoms with van der Waals surface area (Å²) in [6.07, 6.45) is 6.50. The maximum atomic E-state index is 13.1. The van der Waals surface area contributed by atoms with Crippen molar-refractivity contribution in [2.45, 2.75) is 56.8 Å². The molecule has 7 nitrogen and oxygen atoms in total. The van der Waals surface area contributed by atoms with E-state index in [1.165, 1.54) is 5.56 Å². The van der Waals surface area contributed by atoms with Gasteiger partial charge in [0.05, 0.1) is 10.8 Å². The molecular weight excluding hydrogens is 450 g/mol. The highest BCUT2D eigenvalue weighted by atomic mass is 32.2. The summed E-state index contributed by atoms with van der Waals surface area (Å²) in [5, 5.41) is 2.92. The first-order valence-corrected chi connectivity index (χ1v) is 13.7. The van der Waals surface area contributed by atoms with Crippen LogP contribution in [0, 0.1) is 5.92 Å². The minimum atomic E-state index is -3.77. The molecule has 1 atom stereocenters. The lowest BCUT2D eigenvalue weighted by Crippen LogP contribution is -2.45. The highest BCUT2D eigenvalue weighted by molar-refractivity contribution is 7.92. The third-order valence-corrected chi connectivity index (χ3v) is 8.00. The molecule has 2 aromatic carbocycles. The van der Waals surface area contributed by atoms with Crippen molar-refractivity contribution >= 4 is 27.5 Å². The van der Waals surface area contributed by atoms with Crippen molar-refractivity contribution in [3.05, 3.63) is 59.2 Å². The number of carbonyl (C=O) groups is 2. The molecule has 2 N–H and O–H groups in total. The van der Waals surface area contributed by atoms with Crippen LogP contribution in [-0.4, -0.2) is 44.8 Å². The molecule has 0 unspecified atom stereocenters. The second kappa shape index (κ2) is 10.6. The molecule has 182 valence electrons. The van der Waals surface area contributed by atoms with Crippen LogP contribution in [0.4, 0.5) is 5.69 Å². The number of likely N-dealkylation sites (tertiary alicyclic amines) is 1. The first-order valence-electron chi connectivity index (χ1n) is 12.2. The molecule has 0 saturated carbocycles. The van der Waals surface area contributed by atoms with Crippen LogP contribution in [0.2, 0.25) is 0 Å². The standard InChI is InChI=1S/C26H33N3O4S/c1-2-14-27-25(30)22-10-6-15-29(18-22)26(31)21-9-5-11-23(16-21)28-34(32,33)24-13-12-19-7-3-4-8-20(19)17-24/h5,9,11-13,16-17,22,28H,2-4,6-8,10,14-15,18H2,1H3,(H,27,30)/t22-/m1/s1. The lowest BCUT2D eigenvalue weighted by molar-refractivity contribution is -0.126. The van der Waals surface area contributed by atoms with Crippen molar-refractivity contribution in [2.24, 2.45) is 5.92 Å². The Hall–Kier alpha value is -2.87. The predicted octanol–water partition coefficient (Wildman–Crippen LogP) is 3.74. The molecule has 0 aromatic heterocycles. The van der Waals surface area contributed by atoms with E-state index in [0.29, 0.717) is 30.9 Å². The highest BCUT2D eigenvalue weighted by Gasteiger charge is 2.29. The van der Waals surface area contributed by atoms with Crippen molar-refractivity contribution in [1.29, 1.82) is 0 Å². The lowest BCUT2D eigenvalue weighted by Gasteiger charge is -2.32. The molecule has 34 heavy (non-hydrogen) atoms. The third-order valence-electron chi connectivity index (χ3n) is 6.62. The van der Waals surface area contributed by atoms with Crippen molar-refractivity contribution < 1.29 is 18.0 Å². The number of carbonyl (C=O) groups excluding carboxylic acids is 2. The highest BCUT2D eigenvalue weighted by Crippen LogP contribution is 2.26. The molecule has 0 radical (unpaired) electrons. The van der Waals surface area contributed by atoms with Crippen LogP contribution in [0.1, 0.15) is 60.5 Å². The Labute approximate surface area is 202 Å². The number of benzene rings is 2. The van der Waals surface area contributed by atoms with Gasteiger partial charge in [0.2, 0.25) is 5.91 Å². The molecule has 2 amide bonds. The lowest BCUT2D eigenvalue weighted by atomic mass is 9.92. The van der Waals surface area contributed by atoms with E-state index >= 15 is 0 Å². The van der Waals surface area contributed by atoms with E-state index in [9.17, 15) is 18.0 Å². The van der Waals surface area contributed by atoms with Gasteiger partial charge in [-0.1, -0.05) is 19.1 Å². The molecule has 2 aliphatic rings. The fourth-order valence-corrected chi connectivity index (χ4v) is 5.86. The summed E-state index contributed by atoms with van der Waals surface area (Å²) < 4.78 is 28.7. The number of nitrogens with zero attached hydrogens (tertiary/aromatic N) is 1. The number of anilines is 1. The van der Waals surface area contributed by atoms with E-state index in [4.69, 9.17) is 0 Å². The summed E-state index contributed by atoms with van der Waals surface area (Å²) in [5.74, 6) is -0.413. The molecule has 1 aliphatic heterocycles. The number of hydrogen-bond acceptors (Lipinski definition) is 4. The van der Waals surface area contributed by atoms with Gasteiger partial charge in [-0.3, -0.25) is 14.3 Å². The topological polar surface area (TPSA) is 95.6 Å². The number of rotatable bonds is 7. The van der Waals surface area contributed by atoms with Crippen molar-refractivity contribution in [3.8, 4) is 0 Å². The summed E-state index contributed by atoms with van der Waals surface area (Å²) in [7, 11) is -3.77. The minimum absolute atomic E-state index is 0.00842. The molecule has 0 bridgehead atoms. The molecular formula is C26H33N3O4S. The zero-order valence-corrected chi connectivity index (χ0v) is 20.5. The molecule has 2 aromatic rings. The first kappa shape index (κ1) is 24.3. The number of nitrogens with one attached hydrogen (secondary N) is 2.